The number of amides is 1. The summed E-state index contributed by atoms with van der Waals surface area (Å²) in [6, 6.07) is 10.8. The molecule has 2 N–H and O–H groups in total. The van der Waals surface area contributed by atoms with E-state index in [0.29, 0.717) is 11.3 Å². The van der Waals surface area contributed by atoms with E-state index in [0.717, 1.165) is 28.7 Å². The predicted octanol–water partition coefficient (Wildman–Crippen LogP) is 4.92. The van der Waals surface area contributed by atoms with Crippen LogP contribution in [0, 0.1) is 25.5 Å². The van der Waals surface area contributed by atoms with E-state index in [9.17, 15) is 28.6 Å². The van der Waals surface area contributed by atoms with Gasteiger partial charge in [0.1, 0.15) is 17.3 Å². The minimum absolute atomic E-state index is 0.0826. The second-order valence-corrected chi connectivity index (χ2v) is 8.03. The molecule has 1 heterocycles. The van der Waals surface area contributed by atoms with Gasteiger partial charge in [-0.25, -0.2) is 8.78 Å². The molecule has 0 bridgehead atoms. The van der Waals surface area contributed by atoms with Gasteiger partial charge in [0.05, 0.1) is 24.3 Å². The quantitative estimate of drug-likeness (QED) is 0.324. The highest BCUT2D eigenvalue weighted by atomic mass is 19.2. The molecule has 1 saturated heterocycles. The molecule has 34 heavy (non-hydrogen) atoms. The lowest BCUT2D eigenvalue weighted by Gasteiger charge is -2.26. The van der Waals surface area contributed by atoms with Crippen LogP contribution in [-0.4, -0.2) is 29.0 Å². The molecule has 1 aliphatic heterocycles. The predicted molar refractivity (Wildman–Crippen MR) is 122 cm³/mol. The molecule has 1 fully saturated rings. The van der Waals surface area contributed by atoms with Crippen molar-refractivity contribution in [2.75, 3.05) is 12.0 Å². The molecular formula is C26H21F2NO5. The fourth-order valence-corrected chi connectivity index (χ4v) is 4.29. The molecule has 1 amide bonds. The molecule has 3 aromatic rings. The third-order valence-electron chi connectivity index (χ3n) is 5.69. The largest absolute Gasteiger partial charge is 0.508 e. The number of hydrogen-bond donors (Lipinski definition) is 2. The Morgan fingerprint density at radius 2 is 1.74 bits per heavy atom. The number of ketones is 1. The summed E-state index contributed by atoms with van der Waals surface area (Å²) >= 11 is 0. The van der Waals surface area contributed by atoms with Crippen LogP contribution in [0.15, 0.2) is 60.2 Å². The molecular weight excluding hydrogens is 444 g/mol. The summed E-state index contributed by atoms with van der Waals surface area (Å²) in [6.45, 7) is 3.57. The van der Waals surface area contributed by atoms with Gasteiger partial charge < -0.3 is 14.9 Å². The maximum atomic E-state index is 14.0. The first-order chi connectivity index (χ1) is 16.1. The number of ether oxygens (including phenoxy) is 1. The standard InChI is InChI=1S/C26H21F2NO5/c1-13-9-14(2)25(34-3)18(10-13)23(31)21-22(15-5-4-6-17(30)11-15)29(26(33)24(21)32)16-7-8-19(27)20(28)12-16/h4-12,22,30-31H,1-3H3/b23-21+. The first-order valence-electron chi connectivity index (χ1n) is 10.3. The van der Waals surface area contributed by atoms with E-state index in [4.69, 9.17) is 4.74 Å². The van der Waals surface area contributed by atoms with Gasteiger partial charge in [0.25, 0.3) is 11.7 Å². The number of rotatable bonds is 4. The lowest BCUT2D eigenvalue weighted by molar-refractivity contribution is -0.132. The number of aryl methyl sites for hydroxylation is 2. The van der Waals surface area contributed by atoms with Crippen LogP contribution >= 0.6 is 0 Å². The van der Waals surface area contributed by atoms with Crippen LogP contribution in [0.25, 0.3) is 5.76 Å². The van der Waals surface area contributed by atoms with Gasteiger partial charge in [0.2, 0.25) is 0 Å². The SMILES string of the molecule is COc1c(C)cc(C)cc1/C(O)=C1\C(=O)C(=O)N(c2ccc(F)c(F)c2)C1c1cccc(O)c1. The zero-order chi connectivity index (χ0) is 24.7. The highest BCUT2D eigenvalue weighted by Crippen LogP contribution is 2.44. The van der Waals surface area contributed by atoms with E-state index in [1.165, 1.54) is 25.3 Å². The number of carbonyl (C=O) groups excluding carboxylic acids is 2. The van der Waals surface area contributed by atoms with E-state index < -0.39 is 35.1 Å². The van der Waals surface area contributed by atoms with E-state index in [1.807, 2.05) is 6.07 Å². The number of aromatic hydroxyl groups is 1. The topological polar surface area (TPSA) is 87.1 Å². The van der Waals surface area contributed by atoms with Crippen LogP contribution in [0.1, 0.15) is 28.3 Å². The van der Waals surface area contributed by atoms with Crippen molar-refractivity contribution < 1.29 is 33.3 Å². The summed E-state index contributed by atoms with van der Waals surface area (Å²) < 4.78 is 33.1. The van der Waals surface area contributed by atoms with Crippen LogP contribution in [0.4, 0.5) is 14.5 Å². The fraction of sp³-hybridized carbons (Fsp3) is 0.154. The second kappa shape index (κ2) is 8.62. The summed E-state index contributed by atoms with van der Waals surface area (Å²) in [5.74, 6) is -4.69. The van der Waals surface area contributed by atoms with Gasteiger partial charge in [-0.2, -0.15) is 0 Å². The van der Waals surface area contributed by atoms with Crippen LogP contribution in [-0.2, 0) is 9.59 Å². The van der Waals surface area contributed by atoms with Gasteiger partial charge in [-0.3, -0.25) is 14.5 Å². The highest BCUT2D eigenvalue weighted by Gasteiger charge is 2.47. The number of phenolic OH excluding ortho intramolecular Hbond substituents is 1. The molecule has 0 saturated carbocycles. The molecule has 1 aliphatic rings. The third kappa shape index (κ3) is 3.77. The number of methoxy groups -OCH3 is 1. The van der Waals surface area contributed by atoms with Gasteiger partial charge in [0, 0.05) is 11.8 Å². The minimum Gasteiger partial charge on any atom is -0.508 e. The molecule has 174 valence electrons. The average Bonchev–Trinajstić information content (AvgIpc) is 3.05. The summed E-state index contributed by atoms with van der Waals surface area (Å²) in [5, 5.41) is 21.4. The van der Waals surface area contributed by atoms with Crippen molar-refractivity contribution >= 4 is 23.1 Å². The molecule has 8 heteroatoms. The van der Waals surface area contributed by atoms with Crippen molar-refractivity contribution in [2.45, 2.75) is 19.9 Å². The Labute approximate surface area is 194 Å². The molecule has 1 atom stereocenters. The van der Waals surface area contributed by atoms with E-state index >= 15 is 0 Å². The number of anilines is 1. The van der Waals surface area contributed by atoms with Crippen molar-refractivity contribution in [3.8, 4) is 11.5 Å². The number of aliphatic hydroxyl groups is 1. The molecule has 0 aliphatic carbocycles. The van der Waals surface area contributed by atoms with Crippen LogP contribution in [0.2, 0.25) is 0 Å². The van der Waals surface area contributed by atoms with Gasteiger partial charge in [0.15, 0.2) is 11.6 Å². The highest BCUT2D eigenvalue weighted by molar-refractivity contribution is 6.51. The second-order valence-electron chi connectivity index (χ2n) is 8.03. The average molecular weight is 465 g/mol. The van der Waals surface area contributed by atoms with Crippen LogP contribution < -0.4 is 9.64 Å². The Hall–Kier alpha value is -4.20. The molecule has 4 rings (SSSR count). The van der Waals surface area contributed by atoms with E-state index in [2.05, 4.69) is 0 Å². The summed E-state index contributed by atoms with van der Waals surface area (Å²) in [5.41, 5.74) is 1.61. The van der Waals surface area contributed by atoms with Crippen molar-refractivity contribution in [3.63, 3.8) is 0 Å². The summed E-state index contributed by atoms with van der Waals surface area (Å²) in [4.78, 5) is 27.3. The zero-order valence-electron chi connectivity index (χ0n) is 18.6. The Balaban J connectivity index is 2.02. The van der Waals surface area contributed by atoms with E-state index in [1.54, 1.807) is 26.0 Å². The molecule has 1 unspecified atom stereocenters. The third-order valence-corrected chi connectivity index (χ3v) is 5.69. The van der Waals surface area contributed by atoms with E-state index in [-0.39, 0.29) is 28.1 Å². The first kappa shape index (κ1) is 23.0. The minimum atomic E-state index is -1.22. The maximum Gasteiger partial charge on any atom is 0.300 e. The van der Waals surface area contributed by atoms with Gasteiger partial charge in [-0.05, 0) is 60.9 Å². The number of carbonyl (C=O) groups is 2. The molecule has 0 aromatic heterocycles. The number of Topliss-reactive ketones (excluding diaryl/α,β-unsaturated/α-hetero) is 1. The number of benzene rings is 3. The monoisotopic (exact) mass is 465 g/mol. The van der Waals surface area contributed by atoms with Crippen molar-refractivity contribution in [1.29, 1.82) is 0 Å². The lowest BCUT2D eigenvalue weighted by Crippen LogP contribution is -2.29. The van der Waals surface area contributed by atoms with Gasteiger partial charge in [-0.15, -0.1) is 0 Å². The maximum absolute atomic E-state index is 14.0. The fourth-order valence-electron chi connectivity index (χ4n) is 4.29. The van der Waals surface area contributed by atoms with Crippen LogP contribution in [0.3, 0.4) is 0 Å². The molecule has 6 nitrogen and oxygen atoms in total. The number of nitrogens with zero attached hydrogens (tertiary/aromatic N) is 1. The molecule has 0 radical (unpaired) electrons. The lowest BCUT2D eigenvalue weighted by atomic mass is 9.93. The number of aliphatic hydroxyl groups excluding tert-OH is 1. The first-order valence-corrected chi connectivity index (χ1v) is 10.3. The van der Waals surface area contributed by atoms with Crippen molar-refractivity contribution in [3.05, 3.63) is 94.1 Å². The summed E-state index contributed by atoms with van der Waals surface area (Å²) in [6.07, 6.45) is 0. The number of hydrogen-bond acceptors (Lipinski definition) is 5. The Bertz CT molecular complexity index is 1370. The van der Waals surface area contributed by atoms with Crippen molar-refractivity contribution in [1.82, 2.24) is 0 Å². The van der Waals surface area contributed by atoms with Gasteiger partial charge in [-0.1, -0.05) is 18.2 Å². The molecule has 0 spiro atoms. The zero-order valence-corrected chi connectivity index (χ0v) is 18.6. The molecule has 3 aromatic carbocycles. The Morgan fingerprint density at radius 1 is 1.00 bits per heavy atom. The summed E-state index contributed by atoms with van der Waals surface area (Å²) in [7, 11) is 1.42. The number of phenols is 1. The number of halogens is 2. The normalized spacial score (nSPS) is 17.3. The Kier molecular flexibility index (Phi) is 5.83. The van der Waals surface area contributed by atoms with Gasteiger partial charge >= 0.3 is 0 Å². The smallest absolute Gasteiger partial charge is 0.300 e. The Morgan fingerprint density at radius 3 is 2.38 bits per heavy atom. The van der Waals surface area contributed by atoms with Crippen molar-refractivity contribution in [2.24, 2.45) is 0 Å². The van der Waals surface area contributed by atoms with Crippen LogP contribution in [0.5, 0.6) is 11.5 Å².